The summed E-state index contributed by atoms with van der Waals surface area (Å²) < 4.78 is 0.949. The van der Waals surface area contributed by atoms with E-state index in [9.17, 15) is 4.79 Å². The Morgan fingerprint density at radius 2 is 2.54 bits per heavy atom. The topological polar surface area (TPSA) is 20.3 Å². The van der Waals surface area contributed by atoms with Gasteiger partial charge in [-0.25, -0.2) is 0 Å². The Morgan fingerprint density at radius 1 is 1.85 bits per heavy atom. The largest absolute Gasteiger partial charge is 0.331 e. The smallest absolute Gasteiger partial charge is 0.255 e. The number of terminal acetylenes is 1. The van der Waals surface area contributed by atoms with Crippen LogP contribution in [0, 0.1) is 12.3 Å². The first-order chi connectivity index (χ1) is 6.15. The van der Waals surface area contributed by atoms with E-state index in [2.05, 4.69) is 21.9 Å². The van der Waals surface area contributed by atoms with Crippen LogP contribution in [0.25, 0.3) is 0 Å². The third kappa shape index (κ3) is 2.58. The lowest BCUT2D eigenvalue weighted by Gasteiger charge is -2.11. The van der Waals surface area contributed by atoms with Crippen LogP contribution in [0.2, 0.25) is 0 Å². The summed E-state index contributed by atoms with van der Waals surface area (Å²) in [6.45, 7) is 0.340. The van der Waals surface area contributed by atoms with Crippen molar-refractivity contribution in [2.75, 3.05) is 13.6 Å². The Bertz CT molecular complexity index is 353. The van der Waals surface area contributed by atoms with Gasteiger partial charge < -0.3 is 4.90 Å². The van der Waals surface area contributed by atoms with E-state index in [1.54, 1.807) is 18.5 Å². The molecule has 0 saturated heterocycles. The molecule has 0 atom stereocenters. The molecule has 0 bridgehead atoms. The summed E-state index contributed by atoms with van der Waals surface area (Å²) in [5, 5.41) is 1.80. The minimum absolute atomic E-state index is 0.0418. The fourth-order valence-corrected chi connectivity index (χ4v) is 1.98. The molecule has 1 aromatic rings. The molecular weight excluding hydrogens is 250 g/mol. The van der Waals surface area contributed by atoms with Crippen LogP contribution in [0.1, 0.15) is 10.4 Å². The summed E-state index contributed by atoms with van der Waals surface area (Å²) in [6.07, 6.45) is 5.10. The Kier molecular flexibility index (Phi) is 3.52. The molecule has 0 N–H and O–H groups in total. The molecule has 1 amide bonds. The maximum atomic E-state index is 11.6. The van der Waals surface area contributed by atoms with Gasteiger partial charge in [0.15, 0.2) is 0 Å². The molecule has 4 heteroatoms. The first-order valence-electron chi connectivity index (χ1n) is 3.58. The van der Waals surface area contributed by atoms with E-state index < -0.39 is 0 Å². The molecule has 0 fully saturated rings. The number of halogens is 1. The second kappa shape index (κ2) is 4.45. The highest BCUT2D eigenvalue weighted by molar-refractivity contribution is 9.11. The molecule has 13 heavy (non-hydrogen) atoms. The Labute approximate surface area is 89.7 Å². The van der Waals surface area contributed by atoms with Crippen molar-refractivity contribution in [1.29, 1.82) is 0 Å². The second-order valence-corrected chi connectivity index (χ2v) is 4.80. The van der Waals surface area contributed by atoms with Crippen molar-refractivity contribution in [2.24, 2.45) is 0 Å². The molecular formula is C9H8BrNOS. The number of rotatable bonds is 2. The fourth-order valence-electron chi connectivity index (χ4n) is 0.851. The van der Waals surface area contributed by atoms with Gasteiger partial charge in [-0.05, 0) is 22.0 Å². The Morgan fingerprint density at radius 3 is 3.00 bits per heavy atom. The highest BCUT2D eigenvalue weighted by Gasteiger charge is 2.11. The first-order valence-corrected chi connectivity index (χ1v) is 5.25. The molecule has 0 unspecified atom stereocenters. The number of nitrogens with zero attached hydrogens (tertiary/aromatic N) is 1. The van der Waals surface area contributed by atoms with Crippen molar-refractivity contribution in [2.45, 2.75) is 0 Å². The van der Waals surface area contributed by atoms with Crippen LogP contribution in [-0.4, -0.2) is 24.4 Å². The molecule has 1 heterocycles. The van der Waals surface area contributed by atoms with Crippen LogP contribution < -0.4 is 0 Å². The zero-order valence-corrected chi connectivity index (χ0v) is 9.48. The van der Waals surface area contributed by atoms with Gasteiger partial charge in [-0.15, -0.1) is 17.8 Å². The van der Waals surface area contributed by atoms with Crippen molar-refractivity contribution in [3.05, 3.63) is 20.8 Å². The third-order valence-electron chi connectivity index (χ3n) is 1.49. The molecule has 2 nitrogen and oxygen atoms in total. The zero-order chi connectivity index (χ0) is 9.84. The Hall–Kier alpha value is -0.790. The third-order valence-corrected chi connectivity index (χ3v) is 2.99. The van der Waals surface area contributed by atoms with E-state index in [1.807, 2.05) is 0 Å². The number of carbonyl (C=O) groups excluding carboxylic acids is 1. The number of hydrogen-bond acceptors (Lipinski definition) is 2. The Balaban J connectivity index is 2.74. The molecule has 0 aliphatic carbocycles. The maximum absolute atomic E-state index is 11.6. The van der Waals surface area contributed by atoms with Crippen molar-refractivity contribution in [1.82, 2.24) is 4.90 Å². The number of amides is 1. The minimum Gasteiger partial charge on any atom is -0.331 e. The molecule has 1 rings (SSSR count). The van der Waals surface area contributed by atoms with E-state index in [1.165, 1.54) is 16.2 Å². The summed E-state index contributed by atoms with van der Waals surface area (Å²) in [5.41, 5.74) is 0.676. The van der Waals surface area contributed by atoms with Gasteiger partial charge in [0.25, 0.3) is 5.91 Å². The summed E-state index contributed by atoms with van der Waals surface area (Å²) in [6, 6.07) is 1.79. The van der Waals surface area contributed by atoms with Gasteiger partial charge in [0.1, 0.15) is 0 Å². The molecule has 0 aliphatic rings. The molecule has 0 spiro atoms. The molecule has 0 radical (unpaired) electrons. The number of hydrogen-bond donors (Lipinski definition) is 0. The first kappa shape index (κ1) is 10.3. The number of thiophene rings is 1. The summed E-state index contributed by atoms with van der Waals surface area (Å²) in [5.74, 6) is 2.38. The normalized spacial score (nSPS) is 9.31. The van der Waals surface area contributed by atoms with Gasteiger partial charge in [-0.1, -0.05) is 5.92 Å². The summed E-state index contributed by atoms with van der Waals surface area (Å²) in [4.78, 5) is 13.1. The minimum atomic E-state index is -0.0418. The lowest BCUT2D eigenvalue weighted by Crippen LogP contribution is -2.26. The van der Waals surface area contributed by atoms with Crippen LogP contribution in [-0.2, 0) is 0 Å². The predicted octanol–water partition coefficient (Wildman–Crippen LogP) is 2.22. The highest BCUT2D eigenvalue weighted by Crippen LogP contribution is 2.21. The number of carbonyl (C=O) groups is 1. The molecule has 0 saturated carbocycles. The standard InChI is InChI=1S/C9H8BrNOS/c1-3-4-11(2)9(12)7-5-8(10)13-6-7/h1,5-6H,4H2,2H3. The highest BCUT2D eigenvalue weighted by atomic mass is 79.9. The van der Waals surface area contributed by atoms with Crippen LogP contribution >= 0.6 is 27.3 Å². The van der Waals surface area contributed by atoms with E-state index >= 15 is 0 Å². The zero-order valence-electron chi connectivity index (χ0n) is 7.08. The fraction of sp³-hybridized carbons (Fsp3) is 0.222. The van der Waals surface area contributed by atoms with Crippen LogP contribution in [0.5, 0.6) is 0 Å². The van der Waals surface area contributed by atoms with Crippen LogP contribution in [0.3, 0.4) is 0 Å². The van der Waals surface area contributed by atoms with Crippen molar-refractivity contribution in [3.63, 3.8) is 0 Å². The van der Waals surface area contributed by atoms with Crippen LogP contribution in [0.15, 0.2) is 15.2 Å². The van der Waals surface area contributed by atoms with Crippen molar-refractivity contribution >= 4 is 33.2 Å². The second-order valence-electron chi connectivity index (χ2n) is 2.50. The van der Waals surface area contributed by atoms with E-state index in [4.69, 9.17) is 6.42 Å². The van der Waals surface area contributed by atoms with Crippen LogP contribution in [0.4, 0.5) is 0 Å². The SMILES string of the molecule is C#CCN(C)C(=O)c1csc(Br)c1. The predicted molar refractivity (Wildman–Crippen MR) is 57.8 cm³/mol. The quantitative estimate of drug-likeness (QED) is 0.745. The maximum Gasteiger partial charge on any atom is 0.255 e. The summed E-state index contributed by atoms with van der Waals surface area (Å²) >= 11 is 4.78. The van der Waals surface area contributed by atoms with E-state index in [0.717, 1.165) is 3.79 Å². The van der Waals surface area contributed by atoms with Crippen molar-refractivity contribution < 1.29 is 4.79 Å². The average molecular weight is 258 g/mol. The molecule has 0 aromatic carbocycles. The van der Waals surface area contributed by atoms with Gasteiger partial charge in [-0.3, -0.25) is 4.79 Å². The average Bonchev–Trinajstić information content (AvgIpc) is 2.51. The van der Waals surface area contributed by atoms with E-state index in [0.29, 0.717) is 12.1 Å². The van der Waals surface area contributed by atoms with E-state index in [-0.39, 0.29) is 5.91 Å². The monoisotopic (exact) mass is 257 g/mol. The van der Waals surface area contributed by atoms with Gasteiger partial charge in [0, 0.05) is 12.4 Å². The van der Waals surface area contributed by atoms with Gasteiger partial charge in [0.2, 0.25) is 0 Å². The van der Waals surface area contributed by atoms with Crippen molar-refractivity contribution in [3.8, 4) is 12.3 Å². The molecule has 68 valence electrons. The van der Waals surface area contributed by atoms with Gasteiger partial charge in [-0.2, -0.15) is 0 Å². The van der Waals surface area contributed by atoms with Gasteiger partial charge >= 0.3 is 0 Å². The lowest BCUT2D eigenvalue weighted by atomic mass is 10.3. The molecule has 0 aliphatic heterocycles. The summed E-state index contributed by atoms with van der Waals surface area (Å²) in [7, 11) is 1.69. The lowest BCUT2D eigenvalue weighted by molar-refractivity contribution is 0.0813. The van der Waals surface area contributed by atoms with Gasteiger partial charge in [0.05, 0.1) is 15.9 Å². The molecule has 1 aromatic heterocycles.